The molecule has 0 unspecified atom stereocenters. The first-order valence-corrected chi connectivity index (χ1v) is 10.8. The number of benzene rings is 3. The molecule has 1 aliphatic rings. The number of rotatable bonds is 5. The number of hydrogen-bond donors (Lipinski definition) is 1. The van der Waals surface area contributed by atoms with Gasteiger partial charge in [0.25, 0.3) is 11.8 Å². The minimum absolute atomic E-state index is 0.00593. The molecule has 2 heterocycles. The van der Waals surface area contributed by atoms with Crippen molar-refractivity contribution in [1.82, 2.24) is 14.9 Å². The van der Waals surface area contributed by atoms with Crippen LogP contribution in [0.1, 0.15) is 5.56 Å². The number of aromatic nitrogens is 2. The van der Waals surface area contributed by atoms with E-state index in [4.69, 9.17) is 17.0 Å². The first-order chi connectivity index (χ1) is 16.6. The molecule has 7 nitrogen and oxygen atoms in total. The average Bonchev–Trinajstić information content (AvgIpc) is 3.39. The van der Waals surface area contributed by atoms with E-state index in [9.17, 15) is 9.59 Å². The van der Waals surface area contributed by atoms with Gasteiger partial charge in [-0.25, -0.2) is 4.98 Å². The van der Waals surface area contributed by atoms with Crippen LogP contribution in [-0.4, -0.2) is 26.5 Å². The lowest BCUT2D eigenvalue weighted by Gasteiger charge is -2.29. The highest BCUT2D eigenvalue weighted by Crippen LogP contribution is 2.27. The average molecular weight is 467 g/mol. The summed E-state index contributed by atoms with van der Waals surface area (Å²) in [4.78, 5) is 31.1. The molecule has 4 aromatic rings. The van der Waals surface area contributed by atoms with Crippen molar-refractivity contribution in [3.63, 3.8) is 0 Å². The summed E-state index contributed by atoms with van der Waals surface area (Å²) < 4.78 is 7.67. The Balaban J connectivity index is 1.38. The molecule has 0 spiro atoms. The topological polar surface area (TPSA) is 76.5 Å². The van der Waals surface area contributed by atoms with Crippen molar-refractivity contribution in [3.8, 4) is 17.2 Å². The predicted octanol–water partition coefficient (Wildman–Crippen LogP) is 4.50. The van der Waals surface area contributed by atoms with Crippen LogP contribution >= 0.6 is 12.2 Å². The fourth-order valence-corrected chi connectivity index (χ4v) is 3.78. The second kappa shape index (κ2) is 9.13. The van der Waals surface area contributed by atoms with Crippen molar-refractivity contribution < 1.29 is 14.3 Å². The van der Waals surface area contributed by atoms with Crippen molar-refractivity contribution in [2.24, 2.45) is 0 Å². The lowest BCUT2D eigenvalue weighted by Crippen LogP contribution is -2.54. The van der Waals surface area contributed by atoms with Crippen molar-refractivity contribution in [3.05, 3.63) is 109 Å². The van der Waals surface area contributed by atoms with Crippen LogP contribution in [0.4, 0.5) is 5.69 Å². The molecule has 5 rings (SSSR count). The number of hydrogen-bond acceptors (Lipinski definition) is 5. The zero-order valence-corrected chi connectivity index (χ0v) is 18.6. The van der Waals surface area contributed by atoms with E-state index in [2.05, 4.69) is 10.3 Å². The van der Waals surface area contributed by atoms with Crippen LogP contribution in [0, 0.1) is 0 Å². The maximum Gasteiger partial charge on any atom is 0.270 e. The van der Waals surface area contributed by atoms with E-state index in [1.54, 1.807) is 42.9 Å². The Hall–Kier alpha value is -4.56. The van der Waals surface area contributed by atoms with Gasteiger partial charge in [-0.05, 0) is 72.4 Å². The molecule has 1 aromatic heterocycles. The van der Waals surface area contributed by atoms with E-state index in [-0.39, 0.29) is 10.7 Å². The summed E-state index contributed by atoms with van der Waals surface area (Å²) in [5, 5.41) is 2.63. The van der Waals surface area contributed by atoms with E-state index >= 15 is 0 Å². The lowest BCUT2D eigenvalue weighted by atomic mass is 10.1. The normalized spacial score (nSPS) is 14.9. The van der Waals surface area contributed by atoms with Crippen molar-refractivity contribution >= 4 is 40.9 Å². The summed E-state index contributed by atoms with van der Waals surface area (Å²) in [5.41, 5.74) is 2.15. The highest BCUT2D eigenvalue weighted by Gasteiger charge is 2.34. The van der Waals surface area contributed by atoms with Gasteiger partial charge >= 0.3 is 0 Å². The first-order valence-electron chi connectivity index (χ1n) is 10.4. The Kier molecular flexibility index (Phi) is 5.72. The Morgan fingerprint density at radius 2 is 1.53 bits per heavy atom. The minimum atomic E-state index is -0.533. The number of thiocarbonyl (C=S) groups is 1. The number of carbonyl (C=O) groups excluding carboxylic acids is 2. The molecular weight excluding hydrogens is 448 g/mol. The second-order valence-corrected chi connectivity index (χ2v) is 7.82. The Morgan fingerprint density at radius 1 is 0.853 bits per heavy atom. The molecule has 0 radical (unpaired) electrons. The second-order valence-electron chi connectivity index (χ2n) is 7.43. The Labute approximate surface area is 200 Å². The standard InChI is InChI=1S/C26H18N4O3S/c31-24-23(16-18-6-8-19(9-7-18)29-15-14-27-17-29)25(32)30(26(34)28-24)20-10-12-22(13-11-20)33-21-4-2-1-3-5-21/h1-17H,(H,28,31,34). The molecule has 166 valence electrons. The van der Waals surface area contributed by atoms with Crippen molar-refractivity contribution in [2.45, 2.75) is 0 Å². The highest BCUT2D eigenvalue weighted by molar-refractivity contribution is 7.80. The Bertz CT molecular complexity index is 1380. The SMILES string of the molecule is O=C1NC(=S)N(c2ccc(Oc3ccccc3)cc2)C(=O)C1=Cc1ccc(-n2ccnc2)cc1. The maximum atomic E-state index is 13.2. The number of para-hydroxylation sites is 1. The summed E-state index contributed by atoms with van der Waals surface area (Å²) in [6, 6.07) is 23.7. The number of imidazole rings is 1. The molecule has 0 atom stereocenters. The monoisotopic (exact) mass is 466 g/mol. The molecule has 2 amide bonds. The molecule has 34 heavy (non-hydrogen) atoms. The van der Waals surface area contributed by atoms with Gasteiger partial charge in [0, 0.05) is 18.1 Å². The largest absolute Gasteiger partial charge is 0.457 e. The van der Waals surface area contributed by atoms with Crippen LogP contribution in [0.2, 0.25) is 0 Å². The molecule has 8 heteroatoms. The van der Waals surface area contributed by atoms with Gasteiger partial charge in [-0.3, -0.25) is 19.8 Å². The molecule has 1 fully saturated rings. The van der Waals surface area contributed by atoms with Crippen molar-refractivity contribution in [2.75, 3.05) is 4.90 Å². The van der Waals surface area contributed by atoms with Gasteiger partial charge < -0.3 is 9.30 Å². The van der Waals surface area contributed by atoms with Gasteiger partial charge in [-0.2, -0.15) is 0 Å². The first kappa shape index (κ1) is 21.3. The smallest absolute Gasteiger partial charge is 0.270 e. The third-order valence-electron chi connectivity index (χ3n) is 5.18. The molecule has 1 saturated heterocycles. The van der Waals surface area contributed by atoms with Gasteiger partial charge in [0.1, 0.15) is 17.1 Å². The molecule has 0 saturated carbocycles. The molecule has 1 N–H and O–H groups in total. The molecule has 1 aliphatic heterocycles. The minimum Gasteiger partial charge on any atom is -0.457 e. The third kappa shape index (κ3) is 4.35. The van der Waals surface area contributed by atoms with Crippen LogP contribution in [0.25, 0.3) is 11.8 Å². The van der Waals surface area contributed by atoms with E-state index in [1.165, 1.54) is 4.90 Å². The Morgan fingerprint density at radius 3 is 2.21 bits per heavy atom. The van der Waals surface area contributed by atoms with Crippen LogP contribution in [0.15, 0.2) is 103 Å². The number of amides is 2. The fourth-order valence-electron chi connectivity index (χ4n) is 3.50. The molecular formula is C26H18N4O3S. The number of anilines is 1. The number of nitrogens with one attached hydrogen (secondary N) is 1. The van der Waals surface area contributed by atoms with Crippen LogP contribution in [0.3, 0.4) is 0 Å². The highest BCUT2D eigenvalue weighted by atomic mass is 32.1. The van der Waals surface area contributed by atoms with Crippen LogP contribution in [0.5, 0.6) is 11.5 Å². The van der Waals surface area contributed by atoms with Gasteiger partial charge in [0.05, 0.1) is 12.0 Å². The molecule has 0 aliphatic carbocycles. The van der Waals surface area contributed by atoms with Gasteiger partial charge in [-0.1, -0.05) is 30.3 Å². The number of ether oxygens (including phenoxy) is 1. The molecule has 0 bridgehead atoms. The summed E-state index contributed by atoms with van der Waals surface area (Å²) in [6.45, 7) is 0. The summed E-state index contributed by atoms with van der Waals surface area (Å²) >= 11 is 5.29. The van der Waals surface area contributed by atoms with Gasteiger partial charge in [-0.15, -0.1) is 0 Å². The van der Waals surface area contributed by atoms with Gasteiger partial charge in [0.2, 0.25) is 0 Å². The van der Waals surface area contributed by atoms with E-state index in [0.717, 1.165) is 5.69 Å². The maximum absolute atomic E-state index is 13.2. The van der Waals surface area contributed by atoms with E-state index < -0.39 is 11.8 Å². The summed E-state index contributed by atoms with van der Waals surface area (Å²) in [6.07, 6.45) is 6.77. The van der Waals surface area contributed by atoms with E-state index in [0.29, 0.717) is 22.7 Å². The van der Waals surface area contributed by atoms with E-state index in [1.807, 2.05) is 65.4 Å². The fraction of sp³-hybridized carbons (Fsp3) is 0. The zero-order valence-electron chi connectivity index (χ0n) is 17.8. The van der Waals surface area contributed by atoms with Gasteiger partial charge in [0.15, 0.2) is 5.11 Å². The van der Waals surface area contributed by atoms with Crippen molar-refractivity contribution in [1.29, 1.82) is 0 Å². The van der Waals surface area contributed by atoms with Crippen LogP contribution < -0.4 is 15.0 Å². The predicted molar refractivity (Wildman–Crippen MR) is 133 cm³/mol. The third-order valence-corrected chi connectivity index (χ3v) is 5.47. The number of carbonyl (C=O) groups is 2. The summed E-state index contributed by atoms with van der Waals surface area (Å²) in [7, 11) is 0. The number of nitrogens with zero attached hydrogens (tertiary/aromatic N) is 3. The molecule has 3 aromatic carbocycles. The summed E-state index contributed by atoms with van der Waals surface area (Å²) in [5.74, 6) is 0.289. The quantitative estimate of drug-likeness (QED) is 0.266. The van der Waals surface area contributed by atoms with Crippen LogP contribution in [-0.2, 0) is 9.59 Å². The lowest BCUT2D eigenvalue weighted by molar-refractivity contribution is -0.122. The zero-order chi connectivity index (χ0) is 23.5.